The Kier molecular flexibility index (Phi) is 4.43. The first-order valence-electron chi connectivity index (χ1n) is 6.09. The molecule has 0 unspecified atom stereocenters. The number of hydrogen-bond donors (Lipinski definition) is 2. The van der Waals surface area contributed by atoms with Crippen molar-refractivity contribution in [3.63, 3.8) is 0 Å². The van der Waals surface area contributed by atoms with Crippen LogP contribution < -0.4 is 5.32 Å². The molecule has 0 aromatic heterocycles. The van der Waals surface area contributed by atoms with E-state index >= 15 is 0 Å². The lowest BCUT2D eigenvalue weighted by molar-refractivity contribution is -0.111. The number of halogens is 1. The molecule has 0 radical (unpaired) electrons. The lowest BCUT2D eigenvalue weighted by atomic mass is 10.2. The van der Waals surface area contributed by atoms with Gasteiger partial charge in [-0.25, -0.2) is 0 Å². The van der Waals surface area contributed by atoms with Crippen LogP contribution >= 0.6 is 11.6 Å². The molecule has 0 heterocycles. The molecule has 3 nitrogen and oxygen atoms in total. The number of aromatic hydroxyl groups is 1. The Hall–Kier alpha value is -2.26. The Bertz CT molecular complexity index is 648. The molecule has 0 saturated heterocycles. The second-order valence-electron chi connectivity index (χ2n) is 4.37. The second kappa shape index (κ2) is 6.26. The quantitative estimate of drug-likeness (QED) is 0.838. The Morgan fingerprint density at radius 2 is 1.90 bits per heavy atom. The number of phenolic OH excluding ortho intramolecular Hbond substituents is 1. The molecule has 0 bridgehead atoms. The van der Waals surface area contributed by atoms with Gasteiger partial charge in [-0.2, -0.15) is 0 Å². The van der Waals surface area contributed by atoms with E-state index in [2.05, 4.69) is 5.32 Å². The number of rotatable bonds is 3. The third-order valence-electron chi connectivity index (χ3n) is 2.77. The summed E-state index contributed by atoms with van der Waals surface area (Å²) in [6.45, 7) is 1.88. The number of phenols is 1. The van der Waals surface area contributed by atoms with Gasteiger partial charge < -0.3 is 10.4 Å². The van der Waals surface area contributed by atoms with Crippen LogP contribution in [0.25, 0.3) is 6.08 Å². The standard InChI is InChI=1S/C16H14ClNO2/c1-11-10-13(17)5-8-15(11)18-16(20)9-4-12-2-6-14(19)7-3-12/h2-10,19H,1H3,(H,18,20)/b9-4+. The van der Waals surface area contributed by atoms with Gasteiger partial charge in [-0.05, 0) is 54.5 Å². The first-order chi connectivity index (χ1) is 9.54. The SMILES string of the molecule is Cc1cc(Cl)ccc1NC(=O)/C=C/c1ccc(O)cc1. The molecule has 0 spiro atoms. The smallest absolute Gasteiger partial charge is 0.248 e. The predicted molar refractivity (Wildman–Crippen MR) is 82.0 cm³/mol. The highest BCUT2D eigenvalue weighted by Gasteiger charge is 2.02. The highest BCUT2D eigenvalue weighted by atomic mass is 35.5. The molecule has 1 amide bonds. The number of benzene rings is 2. The topological polar surface area (TPSA) is 49.3 Å². The van der Waals surface area contributed by atoms with E-state index in [1.54, 1.807) is 48.5 Å². The molecule has 20 heavy (non-hydrogen) atoms. The number of hydrogen-bond acceptors (Lipinski definition) is 2. The van der Waals surface area contributed by atoms with Gasteiger partial charge in [0.2, 0.25) is 5.91 Å². The van der Waals surface area contributed by atoms with Crippen LogP contribution in [0.15, 0.2) is 48.5 Å². The zero-order chi connectivity index (χ0) is 14.5. The normalized spacial score (nSPS) is 10.7. The molecular weight excluding hydrogens is 274 g/mol. The van der Waals surface area contributed by atoms with Crippen molar-refractivity contribution in [2.45, 2.75) is 6.92 Å². The number of aryl methyl sites for hydroxylation is 1. The van der Waals surface area contributed by atoms with Crippen molar-refractivity contribution in [3.05, 3.63) is 64.7 Å². The zero-order valence-electron chi connectivity index (χ0n) is 10.9. The van der Waals surface area contributed by atoms with Crippen LogP contribution in [-0.2, 0) is 4.79 Å². The highest BCUT2D eigenvalue weighted by molar-refractivity contribution is 6.30. The minimum atomic E-state index is -0.219. The third kappa shape index (κ3) is 3.87. The van der Waals surface area contributed by atoms with E-state index in [1.807, 2.05) is 6.92 Å². The maximum absolute atomic E-state index is 11.8. The van der Waals surface area contributed by atoms with Crippen LogP contribution in [0.4, 0.5) is 5.69 Å². The maximum Gasteiger partial charge on any atom is 0.248 e. The molecule has 2 rings (SSSR count). The molecule has 102 valence electrons. The Balaban J connectivity index is 2.03. The summed E-state index contributed by atoms with van der Waals surface area (Å²) in [5.74, 6) is -0.0214. The van der Waals surface area contributed by atoms with Gasteiger partial charge in [-0.3, -0.25) is 4.79 Å². The van der Waals surface area contributed by atoms with Crippen molar-refractivity contribution in [1.82, 2.24) is 0 Å². The van der Waals surface area contributed by atoms with Crippen molar-refractivity contribution >= 4 is 29.3 Å². The molecule has 4 heteroatoms. The van der Waals surface area contributed by atoms with Crippen LogP contribution in [-0.4, -0.2) is 11.0 Å². The summed E-state index contributed by atoms with van der Waals surface area (Å²) in [5, 5.41) is 12.6. The van der Waals surface area contributed by atoms with E-state index in [9.17, 15) is 4.79 Å². The van der Waals surface area contributed by atoms with Crippen molar-refractivity contribution in [3.8, 4) is 5.75 Å². The number of carbonyl (C=O) groups excluding carboxylic acids is 1. The van der Waals surface area contributed by atoms with E-state index in [1.165, 1.54) is 6.08 Å². The number of nitrogens with one attached hydrogen (secondary N) is 1. The minimum absolute atomic E-state index is 0.198. The van der Waals surface area contributed by atoms with E-state index in [0.717, 1.165) is 16.8 Å². The lowest BCUT2D eigenvalue weighted by Gasteiger charge is -2.06. The fourth-order valence-electron chi connectivity index (χ4n) is 1.70. The minimum Gasteiger partial charge on any atom is -0.508 e. The van der Waals surface area contributed by atoms with Gasteiger partial charge in [0.05, 0.1) is 0 Å². The Morgan fingerprint density at radius 3 is 2.55 bits per heavy atom. The molecule has 2 aromatic carbocycles. The van der Waals surface area contributed by atoms with Gasteiger partial charge in [-0.1, -0.05) is 23.7 Å². The maximum atomic E-state index is 11.8. The van der Waals surface area contributed by atoms with Crippen LogP contribution in [0.5, 0.6) is 5.75 Å². The summed E-state index contributed by atoms with van der Waals surface area (Å²) in [7, 11) is 0. The largest absolute Gasteiger partial charge is 0.508 e. The Morgan fingerprint density at radius 1 is 1.20 bits per heavy atom. The molecule has 2 N–H and O–H groups in total. The van der Waals surface area contributed by atoms with Crippen LogP contribution in [0, 0.1) is 6.92 Å². The molecule has 0 aliphatic rings. The first-order valence-corrected chi connectivity index (χ1v) is 6.46. The van der Waals surface area contributed by atoms with Crippen molar-refractivity contribution in [2.75, 3.05) is 5.32 Å². The summed E-state index contributed by atoms with van der Waals surface area (Å²) < 4.78 is 0. The van der Waals surface area contributed by atoms with Gasteiger partial charge in [-0.15, -0.1) is 0 Å². The molecule has 2 aromatic rings. The summed E-state index contributed by atoms with van der Waals surface area (Å²) in [6, 6.07) is 11.9. The third-order valence-corrected chi connectivity index (χ3v) is 3.00. The average molecular weight is 288 g/mol. The Labute approximate surface area is 122 Å². The number of carbonyl (C=O) groups is 1. The molecule has 0 atom stereocenters. The van der Waals surface area contributed by atoms with Gasteiger partial charge in [0.15, 0.2) is 0 Å². The highest BCUT2D eigenvalue weighted by Crippen LogP contribution is 2.19. The first kappa shape index (κ1) is 14.2. The van der Waals surface area contributed by atoms with E-state index in [4.69, 9.17) is 16.7 Å². The van der Waals surface area contributed by atoms with Crippen molar-refractivity contribution in [1.29, 1.82) is 0 Å². The average Bonchev–Trinajstić information content (AvgIpc) is 2.41. The van der Waals surface area contributed by atoms with Crippen molar-refractivity contribution < 1.29 is 9.90 Å². The fraction of sp³-hybridized carbons (Fsp3) is 0.0625. The monoisotopic (exact) mass is 287 g/mol. The summed E-state index contributed by atoms with van der Waals surface area (Å²) in [4.78, 5) is 11.8. The second-order valence-corrected chi connectivity index (χ2v) is 4.81. The van der Waals surface area contributed by atoms with Gasteiger partial charge in [0.25, 0.3) is 0 Å². The van der Waals surface area contributed by atoms with E-state index in [0.29, 0.717) is 5.02 Å². The molecule has 0 aliphatic heterocycles. The number of anilines is 1. The molecular formula is C16H14ClNO2. The summed E-state index contributed by atoms with van der Waals surface area (Å²) in [6.07, 6.45) is 3.13. The van der Waals surface area contributed by atoms with Gasteiger partial charge >= 0.3 is 0 Å². The van der Waals surface area contributed by atoms with Gasteiger partial charge in [0.1, 0.15) is 5.75 Å². The zero-order valence-corrected chi connectivity index (χ0v) is 11.7. The molecule has 0 fully saturated rings. The van der Waals surface area contributed by atoms with Crippen LogP contribution in [0.1, 0.15) is 11.1 Å². The lowest BCUT2D eigenvalue weighted by Crippen LogP contribution is -2.08. The predicted octanol–water partition coefficient (Wildman–Crippen LogP) is 4.01. The van der Waals surface area contributed by atoms with Gasteiger partial charge in [0, 0.05) is 16.8 Å². The van der Waals surface area contributed by atoms with Crippen LogP contribution in [0.3, 0.4) is 0 Å². The van der Waals surface area contributed by atoms with Crippen LogP contribution in [0.2, 0.25) is 5.02 Å². The van der Waals surface area contributed by atoms with E-state index < -0.39 is 0 Å². The molecule has 0 saturated carbocycles. The molecule has 0 aliphatic carbocycles. The number of amides is 1. The van der Waals surface area contributed by atoms with E-state index in [-0.39, 0.29) is 11.7 Å². The fourth-order valence-corrected chi connectivity index (χ4v) is 1.93. The van der Waals surface area contributed by atoms with Crippen molar-refractivity contribution in [2.24, 2.45) is 0 Å². The summed E-state index contributed by atoms with van der Waals surface area (Å²) in [5.41, 5.74) is 2.48. The summed E-state index contributed by atoms with van der Waals surface area (Å²) >= 11 is 5.86.